The van der Waals surface area contributed by atoms with Gasteiger partial charge >= 0.3 is 0 Å². The van der Waals surface area contributed by atoms with Gasteiger partial charge in [0.2, 0.25) is 0 Å². The molecular weight excluding hydrogens is 211 g/mol. The molecule has 0 aromatic heterocycles. The van der Waals surface area contributed by atoms with Gasteiger partial charge in [0.15, 0.2) is 0 Å². The van der Waals surface area contributed by atoms with Gasteiger partial charge in [-0.25, -0.2) is 0 Å². The fourth-order valence-corrected chi connectivity index (χ4v) is 1.09. The topological polar surface area (TPSA) is 0 Å². The quantitative estimate of drug-likeness (QED) is 0.495. The summed E-state index contributed by atoms with van der Waals surface area (Å²) in [6.45, 7) is 2.24. The zero-order valence-corrected chi connectivity index (χ0v) is 7.65. The van der Waals surface area contributed by atoms with E-state index >= 15 is 0 Å². The van der Waals surface area contributed by atoms with Crippen molar-refractivity contribution in [2.24, 2.45) is 0 Å². The minimum Gasteiger partial charge on any atom is -0.0815 e. The zero-order valence-electron chi connectivity index (χ0n) is 5.49. The van der Waals surface area contributed by atoms with Gasteiger partial charge in [0.05, 0.1) is 0 Å². The first-order valence-corrected chi connectivity index (χ1v) is 4.58. The Bertz CT molecular complexity index is 29.4. The lowest BCUT2D eigenvalue weighted by Crippen LogP contribution is -1.73. The molecule has 0 amide bonds. The normalized spacial score (nSPS) is 9.75. The number of hydrogen-bond acceptors (Lipinski definition) is 0. The van der Waals surface area contributed by atoms with Gasteiger partial charge in [-0.1, -0.05) is 55.2 Å². The maximum atomic E-state index is 2.31. The average Bonchev–Trinajstić information content (AvgIpc) is 1.81. The number of halogens is 1. The van der Waals surface area contributed by atoms with Crippen LogP contribution in [0.1, 0.15) is 39.0 Å². The fraction of sp³-hybridized carbons (Fsp3) is 0.857. The Morgan fingerprint density at radius 3 is 2.50 bits per heavy atom. The molecule has 1 radical (unpaired) electrons. The second-order valence-electron chi connectivity index (χ2n) is 2.00. The molecule has 8 heavy (non-hydrogen) atoms. The van der Waals surface area contributed by atoms with E-state index in [9.17, 15) is 0 Å². The number of rotatable bonds is 5. The Balaban J connectivity index is 2.53. The van der Waals surface area contributed by atoms with E-state index in [-0.39, 0.29) is 0 Å². The molecule has 0 aromatic carbocycles. The van der Waals surface area contributed by atoms with Crippen LogP contribution in [0.5, 0.6) is 0 Å². The first-order valence-electron chi connectivity index (χ1n) is 3.33. The molecule has 1 heteroatoms. The van der Waals surface area contributed by atoms with Crippen LogP contribution in [0.15, 0.2) is 0 Å². The number of hydrogen-bond donors (Lipinski definition) is 0. The smallest absolute Gasteiger partial charge is 0.0227 e. The van der Waals surface area contributed by atoms with Gasteiger partial charge in [0, 0.05) is 4.43 Å². The molecule has 0 aliphatic heterocycles. The van der Waals surface area contributed by atoms with Crippen molar-refractivity contribution in [2.45, 2.75) is 39.0 Å². The monoisotopic (exact) mass is 225 g/mol. The second-order valence-corrected chi connectivity index (χ2v) is 2.88. The summed E-state index contributed by atoms with van der Waals surface area (Å²) in [6, 6.07) is 0. The highest BCUT2D eigenvalue weighted by molar-refractivity contribution is 14.1. The molecule has 0 bridgehead atoms. The fourth-order valence-electron chi connectivity index (χ4n) is 0.648. The molecule has 0 spiro atoms. The van der Waals surface area contributed by atoms with Crippen molar-refractivity contribution in [1.82, 2.24) is 0 Å². The molecule has 0 N–H and O–H groups in total. The Morgan fingerprint density at radius 2 is 2.00 bits per heavy atom. The molecule has 0 unspecified atom stereocenters. The van der Waals surface area contributed by atoms with E-state index < -0.39 is 0 Å². The lowest BCUT2D eigenvalue weighted by molar-refractivity contribution is 0.672. The standard InChI is InChI=1S/C7H14I/c1-2-3-4-5-6-7-8/h7H,2-6H2,1H3. The summed E-state index contributed by atoms with van der Waals surface area (Å²) in [4.78, 5) is 0. The van der Waals surface area contributed by atoms with E-state index in [1.54, 1.807) is 0 Å². The van der Waals surface area contributed by atoms with Crippen molar-refractivity contribution in [3.8, 4) is 0 Å². The molecule has 0 rings (SSSR count). The molecule has 0 atom stereocenters. The van der Waals surface area contributed by atoms with Gasteiger partial charge in [-0.15, -0.1) is 0 Å². The van der Waals surface area contributed by atoms with E-state index in [2.05, 4.69) is 33.9 Å². The largest absolute Gasteiger partial charge is 0.0815 e. The molecule has 0 aliphatic rings. The minimum atomic E-state index is 1.29. The van der Waals surface area contributed by atoms with Crippen molar-refractivity contribution in [3.05, 3.63) is 4.43 Å². The van der Waals surface area contributed by atoms with Crippen molar-refractivity contribution >= 4 is 22.6 Å². The summed E-state index contributed by atoms with van der Waals surface area (Å²) in [5, 5.41) is 0. The maximum Gasteiger partial charge on any atom is 0.0227 e. The van der Waals surface area contributed by atoms with Crippen LogP contribution >= 0.6 is 22.6 Å². The maximum absolute atomic E-state index is 2.31. The first kappa shape index (κ1) is 8.73. The summed E-state index contributed by atoms with van der Waals surface area (Å²) in [5.41, 5.74) is 0. The SMILES string of the molecule is CCCCCC[CH]I. The van der Waals surface area contributed by atoms with Crippen LogP contribution in [0.3, 0.4) is 0 Å². The van der Waals surface area contributed by atoms with Gasteiger partial charge in [-0.2, -0.15) is 0 Å². The molecule has 49 valence electrons. The summed E-state index contributed by atoms with van der Waals surface area (Å²) in [5.74, 6) is 0. The summed E-state index contributed by atoms with van der Waals surface area (Å²) >= 11 is 2.31. The van der Waals surface area contributed by atoms with Gasteiger partial charge < -0.3 is 0 Å². The van der Waals surface area contributed by atoms with Crippen LogP contribution in [0.25, 0.3) is 0 Å². The summed E-state index contributed by atoms with van der Waals surface area (Å²) in [6.07, 6.45) is 6.85. The summed E-state index contributed by atoms with van der Waals surface area (Å²) in [7, 11) is 0. The van der Waals surface area contributed by atoms with E-state index in [1.807, 2.05) is 0 Å². The predicted octanol–water partition coefficient (Wildman–Crippen LogP) is 3.55. The Morgan fingerprint density at radius 1 is 1.25 bits per heavy atom. The Kier molecular flexibility index (Phi) is 8.44. The van der Waals surface area contributed by atoms with E-state index in [1.165, 1.54) is 32.1 Å². The highest BCUT2D eigenvalue weighted by Gasteiger charge is 1.84. The molecule has 0 saturated carbocycles. The molecule has 0 aliphatic carbocycles. The van der Waals surface area contributed by atoms with Crippen molar-refractivity contribution < 1.29 is 0 Å². The third kappa shape index (κ3) is 6.73. The Hall–Kier alpha value is 0.730. The molecule has 0 nitrogen and oxygen atoms in total. The van der Waals surface area contributed by atoms with E-state index in [0.29, 0.717) is 0 Å². The third-order valence-electron chi connectivity index (χ3n) is 1.17. The Labute approximate surface area is 66.2 Å². The van der Waals surface area contributed by atoms with E-state index in [4.69, 9.17) is 0 Å². The average molecular weight is 225 g/mol. The summed E-state index contributed by atoms with van der Waals surface area (Å²) < 4.78 is 2.22. The molecule has 0 heterocycles. The van der Waals surface area contributed by atoms with Crippen LogP contribution < -0.4 is 0 Å². The molecule has 0 fully saturated rings. The highest BCUT2D eigenvalue weighted by atomic mass is 127. The van der Waals surface area contributed by atoms with Gasteiger partial charge in [0.25, 0.3) is 0 Å². The van der Waals surface area contributed by atoms with Gasteiger partial charge in [-0.05, 0) is 6.42 Å². The second kappa shape index (κ2) is 7.73. The van der Waals surface area contributed by atoms with Crippen molar-refractivity contribution in [3.63, 3.8) is 0 Å². The van der Waals surface area contributed by atoms with Crippen LogP contribution in [-0.2, 0) is 0 Å². The first-order chi connectivity index (χ1) is 3.91. The van der Waals surface area contributed by atoms with Gasteiger partial charge in [-0.3, -0.25) is 0 Å². The van der Waals surface area contributed by atoms with Crippen LogP contribution in [0, 0.1) is 4.43 Å². The third-order valence-corrected chi connectivity index (χ3v) is 1.79. The lowest BCUT2D eigenvalue weighted by atomic mass is 10.2. The number of unbranched alkanes of at least 4 members (excludes halogenated alkanes) is 4. The predicted molar refractivity (Wildman–Crippen MR) is 47.1 cm³/mol. The van der Waals surface area contributed by atoms with Crippen molar-refractivity contribution in [1.29, 1.82) is 0 Å². The van der Waals surface area contributed by atoms with Crippen LogP contribution in [0.4, 0.5) is 0 Å². The zero-order chi connectivity index (χ0) is 6.24. The van der Waals surface area contributed by atoms with Gasteiger partial charge in [0.1, 0.15) is 0 Å². The lowest BCUT2D eigenvalue weighted by Gasteiger charge is -1.92. The molecule has 0 saturated heterocycles. The van der Waals surface area contributed by atoms with Crippen molar-refractivity contribution in [2.75, 3.05) is 0 Å². The highest BCUT2D eigenvalue weighted by Crippen LogP contribution is 2.06. The van der Waals surface area contributed by atoms with Crippen LogP contribution in [-0.4, -0.2) is 0 Å². The molecule has 0 aromatic rings. The molecular formula is C7H14I. The minimum absolute atomic E-state index is 1.29. The van der Waals surface area contributed by atoms with E-state index in [0.717, 1.165) is 0 Å². The van der Waals surface area contributed by atoms with Crippen LogP contribution in [0.2, 0.25) is 0 Å².